The standard InChI is InChI=1S/C9H16.C2H5N.C2H6.H2O/c1-2-3-6-9-7-4-5-8-9;1-3-2;1-2;/h2-3,9H,4-8H2,1H3;1H2,2H3;1-2H3;1H2/b3-2+;;;. The van der Waals surface area contributed by atoms with E-state index in [0.717, 1.165) is 5.92 Å². The number of hydrogen-bond acceptors (Lipinski definition) is 1. The second-order valence-electron chi connectivity index (χ2n) is 3.27. The van der Waals surface area contributed by atoms with Gasteiger partial charge in [-0.2, -0.15) is 0 Å². The van der Waals surface area contributed by atoms with Crippen molar-refractivity contribution in [3.8, 4) is 0 Å². The Bertz CT molecular complexity index is 126. The minimum absolute atomic E-state index is 0. The summed E-state index contributed by atoms with van der Waals surface area (Å²) in [6, 6.07) is 0. The number of nitrogens with zero attached hydrogens (tertiary/aromatic N) is 1. The maximum absolute atomic E-state index is 3.25. The SMILES string of the molecule is C/C=C/CC1CCCC1.C=NC.CC.O. The third-order valence-electron chi connectivity index (χ3n) is 2.18. The van der Waals surface area contributed by atoms with Gasteiger partial charge in [0.2, 0.25) is 0 Å². The van der Waals surface area contributed by atoms with Gasteiger partial charge >= 0.3 is 0 Å². The first kappa shape index (κ1) is 19.9. The molecule has 0 unspecified atom stereocenters. The average Bonchev–Trinajstić information content (AvgIpc) is 2.72. The van der Waals surface area contributed by atoms with E-state index < -0.39 is 0 Å². The molecule has 1 aliphatic rings. The molecule has 0 atom stereocenters. The summed E-state index contributed by atoms with van der Waals surface area (Å²) in [6.45, 7) is 9.22. The van der Waals surface area contributed by atoms with E-state index in [9.17, 15) is 0 Å². The predicted octanol–water partition coefficient (Wildman–Crippen LogP) is 3.66. The molecule has 15 heavy (non-hydrogen) atoms. The zero-order valence-electron chi connectivity index (χ0n) is 10.9. The lowest BCUT2D eigenvalue weighted by Crippen LogP contribution is -1.88. The first-order valence-electron chi connectivity index (χ1n) is 5.81. The Balaban J connectivity index is -0.000000209. The van der Waals surface area contributed by atoms with Gasteiger partial charge in [0.25, 0.3) is 0 Å². The minimum atomic E-state index is 0. The second-order valence-corrected chi connectivity index (χ2v) is 3.27. The molecule has 0 bridgehead atoms. The van der Waals surface area contributed by atoms with Crippen LogP contribution in [-0.2, 0) is 0 Å². The molecule has 0 amide bonds. The minimum Gasteiger partial charge on any atom is -0.412 e. The fourth-order valence-corrected chi connectivity index (χ4v) is 1.57. The van der Waals surface area contributed by atoms with Crippen molar-refractivity contribution in [2.75, 3.05) is 7.05 Å². The van der Waals surface area contributed by atoms with E-state index in [0.29, 0.717) is 0 Å². The van der Waals surface area contributed by atoms with Crippen LogP contribution in [0, 0.1) is 5.92 Å². The molecule has 2 nitrogen and oxygen atoms in total. The van der Waals surface area contributed by atoms with Crippen molar-refractivity contribution in [2.24, 2.45) is 10.9 Å². The van der Waals surface area contributed by atoms with Crippen molar-refractivity contribution < 1.29 is 5.48 Å². The Hall–Kier alpha value is -0.630. The van der Waals surface area contributed by atoms with Gasteiger partial charge in [-0.3, -0.25) is 0 Å². The monoisotopic (exact) mass is 215 g/mol. The van der Waals surface area contributed by atoms with Gasteiger partial charge in [0.05, 0.1) is 0 Å². The molecule has 1 fully saturated rings. The fourth-order valence-electron chi connectivity index (χ4n) is 1.57. The quantitative estimate of drug-likeness (QED) is 0.498. The molecule has 1 aliphatic carbocycles. The van der Waals surface area contributed by atoms with Gasteiger partial charge in [0.1, 0.15) is 0 Å². The molecule has 0 radical (unpaired) electrons. The van der Waals surface area contributed by atoms with Gasteiger partial charge in [-0.25, -0.2) is 0 Å². The van der Waals surface area contributed by atoms with Crippen LogP contribution in [0.15, 0.2) is 17.1 Å². The number of rotatable bonds is 2. The Morgan fingerprint density at radius 2 is 1.67 bits per heavy atom. The van der Waals surface area contributed by atoms with E-state index in [2.05, 4.69) is 30.8 Å². The van der Waals surface area contributed by atoms with Crippen molar-refractivity contribution in [1.82, 2.24) is 0 Å². The summed E-state index contributed by atoms with van der Waals surface area (Å²) in [5, 5.41) is 0. The van der Waals surface area contributed by atoms with Gasteiger partial charge < -0.3 is 10.5 Å². The molecule has 0 aromatic rings. The summed E-state index contributed by atoms with van der Waals surface area (Å²) in [5.41, 5.74) is 0. The summed E-state index contributed by atoms with van der Waals surface area (Å²) in [5.74, 6) is 1.03. The zero-order chi connectivity index (χ0) is 11.2. The third kappa shape index (κ3) is 16.1. The summed E-state index contributed by atoms with van der Waals surface area (Å²) >= 11 is 0. The van der Waals surface area contributed by atoms with Crippen molar-refractivity contribution in [2.45, 2.75) is 52.9 Å². The van der Waals surface area contributed by atoms with Crippen LogP contribution < -0.4 is 0 Å². The lowest BCUT2D eigenvalue weighted by molar-refractivity contribution is 0.558. The van der Waals surface area contributed by atoms with E-state index in [-0.39, 0.29) is 5.48 Å². The van der Waals surface area contributed by atoms with Crippen LogP contribution in [0.25, 0.3) is 0 Å². The highest BCUT2D eigenvalue weighted by atomic mass is 16.0. The topological polar surface area (TPSA) is 43.9 Å². The molecule has 2 N–H and O–H groups in total. The molecule has 92 valence electrons. The fraction of sp³-hybridized carbons (Fsp3) is 0.769. The van der Waals surface area contributed by atoms with E-state index in [1.54, 1.807) is 7.05 Å². The Morgan fingerprint density at radius 1 is 1.27 bits per heavy atom. The largest absolute Gasteiger partial charge is 0.412 e. The number of aliphatic imine (C=N–C) groups is 1. The molecule has 0 aromatic carbocycles. The number of hydrogen-bond donors (Lipinski definition) is 0. The van der Waals surface area contributed by atoms with E-state index in [4.69, 9.17) is 0 Å². The van der Waals surface area contributed by atoms with Gasteiger partial charge in [-0.15, -0.1) is 0 Å². The number of allylic oxidation sites excluding steroid dienone is 2. The summed E-state index contributed by atoms with van der Waals surface area (Å²) in [4.78, 5) is 3.25. The summed E-state index contributed by atoms with van der Waals surface area (Å²) in [6.07, 6.45) is 11.7. The van der Waals surface area contributed by atoms with Crippen LogP contribution >= 0.6 is 0 Å². The van der Waals surface area contributed by atoms with Crippen LogP contribution in [0.4, 0.5) is 0 Å². The molecule has 1 rings (SSSR count). The molecule has 0 heterocycles. The predicted molar refractivity (Wildman–Crippen MR) is 71.8 cm³/mol. The van der Waals surface area contributed by atoms with Crippen LogP contribution in [0.1, 0.15) is 52.9 Å². The lowest BCUT2D eigenvalue weighted by Gasteiger charge is -2.01. The van der Waals surface area contributed by atoms with E-state index >= 15 is 0 Å². The van der Waals surface area contributed by atoms with E-state index in [1.807, 2.05) is 13.8 Å². The van der Waals surface area contributed by atoms with Crippen LogP contribution in [-0.4, -0.2) is 19.2 Å². The lowest BCUT2D eigenvalue weighted by atomic mass is 10.0. The van der Waals surface area contributed by atoms with Crippen molar-refractivity contribution in [3.05, 3.63) is 12.2 Å². The van der Waals surface area contributed by atoms with Gasteiger partial charge in [-0.1, -0.05) is 51.7 Å². The second kappa shape index (κ2) is 19.0. The van der Waals surface area contributed by atoms with Gasteiger partial charge in [0.15, 0.2) is 0 Å². The molecule has 0 spiro atoms. The van der Waals surface area contributed by atoms with Crippen LogP contribution in [0.2, 0.25) is 0 Å². The molecular formula is C13H29NO. The van der Waals surface area contributed by atoms with Gasteiger partial charge in [0, 0.05) is 7.05 Å². The average molecular weight is 215 g/mol. The maximum Gasteiger partial charge on any atom is 0.0269 e. The smallest absolute Gasteiger partial charge is 0.0269 e. The molecule has 1 saturated carbocycles. The molecule has 0 saturated heterocycles. The van der Waals surface area contributed by atoms with E-state index in [1.165, 1.54) is 32.1 Å². The first-order valence-corrected chi connectivity index (χ1v) is 5.81. The molecule has 0 aliphatic heterocycles. The van der Waals surface area contributed by atoms with Crippen molar-refractivity contribution in [3.63, 3.8) is 0 Å². The summed E-state index contributed by atoms with van der Waals surface area (Å²) < 4.78 is 0. The summed E-state index contributed by atoms with van der Waals surface area (Å²) in [7, 11) is 1.64. The zero-order valence-corrected chi connectivity index (χ0v) is 10.9. The molecule has 2 heteroatoms. The third-order valence-corrected chi connectivity index (χ3v) is 2.18. The highest BCUT2D eigenvalue weighted by Gasteiger charge is 2.12. The maximum atomic E-state index is 3.25. The highest BCUT2D eigenvalue weighted by molar-refractivity contribution is 5.22. The molecule has 0 aromatic heterocycles. The normalized spacial score (nSPS) is 14.4. The van der Waals surface area contributed by atoms with Crippen molar-refractivity contribution >= 4 is 6.72 Å². The van der Waals surface area contributed by atoms with Crippen LogP contribution in [0.3, 0.4) is 0 Å². The Labute approximate surface area is 95.8 Å². The molecular weight excluding hydrogens is 186 g/mol. The Kier molecular flexibility index (Phi) is 25.2. The Morgan fingerprint density at radius 3 is 2.00 bits per heavy atom. The first-order chi connectivity index (χ1) is 6.85. The van der Waals surface area contributed by atoms with Crippen LogP contribution in [0.5, 0.6) is 0 Å². The van der Waals surface area contributed by atoms with Gasteiger partial charge in [-0.05, 0) is 26.0 Å². The van der Waals surface area contributed by atoms with Crippen molar-refractivity contribution in [1.29, 1.82) is 0 Å². The highest BCUT2D eigenvalue weighted by Crippen LogP contribution is 2.27.